The van der Waals surface area contributed by atoms with E-state index in [0.29, 0.717) is 11.5 Å². The topological polar surface area (TPSA) is 29.1 Å². The van der Waals surface area contributed by atoms with Gasteiger partial charge in [0.2, 0.25) is 0 Å². The van der Waals surface area contributed by atoms with Gasteiger partial charge >= 0.3 is 0 Å². The zero-order valence-electron chi connectivity index (χ0n) is 15.9. The van der Waals surface area contributed by atoms with Crippen LogP contribution in [0.25, 0.3) is 11.6 Å². The van der Waals surface area contributed by atoms with Crippen LogP contribution >= 0.6 is 0 Å². The maximum atomic E-state index is 13.2. The second-order valence-electron chi connectivity index (χ2n) is 6.69. The first-order valence-electron chi connectivity index (χ1n) is 9.41. The molecule has 0 aromatic heterocycles. The van der Waals surface area contributed by atoms with Crippen molar-refractivity contribution in [2.24, 2.45) is 0 Å². The molecule has 0 aliphatic rings. The van der Waals surface area contributed by atoms with Crippen LogP contribution in [0.4, 0.5) is 5.69 Å². The van der Waals surface area contributed by atoms with Gasteiger partial charge in [0.25, 0.3) is 5.91 Å². The van der Waals surface area contributed by atoms with Crippen LogP contribution in [0.2, 0.25) is 0 Å². The third-order valence-corrected chi connectivity index (χ3v) is 4.79. The van der Waals surface area contributed by atoms with E-state index in [2.05, 4.69) is 25.2 Å². The van der Waals surface area contributed by atoms with Crippen molar-refractivity contribution >= 4 is 23.2 Å². The van der Waals surface area contributed by atoms with Crippen LogP contribution in [0.1, 0.15) is 42.9 Å². The fourth-order valence-corrected chi connectivity index (χ4v) is 3.06. The molecule has 136 valence electrons. The summed E-state index contributed by atoms with van der Waals surface area (Å²) in [6, 6.07) is 27.8. The van der Waals surface area contributed by atoms with Gasteiger partial charge in [0.1, 0.15) is 0 Å². The molecule has 0 heterocycles. The second kappa shape index (κ2) is 9.00. The number of nitrogens with one attached hydrogen (secondary N) is 1. The number of carbonyl (C=O) groups excluding carboxylic acids is 1. The minimum Gasteiger partial charge on any atom is -0.322 e. The second-order valence-corrected chi connectivity index (χ2v) is 6.69. The van der Waals surface area contributed by atoms with Crippen molar-refractivity contribution in [2.75, 3.05) is 5.32 Å². The van der Waals surface area contributed by atoms with E-state index in [4.69, 9.17) is 0 Å². The summed E-state index contributed by atoms with van der Waals surface area (Å²) in [5.41, 5.74) is 4.61. The normalized spacial score (nSPS) is 12.4. The SMILES string of the molecule is CCC(C)c1ccccc1NC(=O)C(=Cc1ccccc1)c1ccccc1. The van der Waals surface area contributed by atoms with E-state index < -0.39 is 0 Å². The third kappa shape index (κ3) is 4.73. The molecular weight excluding hydrogens is 330 g/mol. The number of benzene rings is 3. The monoisotopic (exact) mass is 355 g/mol. The smallest absolute Gasteiger partial charge is 0.256 e. The van der Waals surface area contributed by atoms with E-state index in [1.54, 1.807) is 0 Å². The summed E-state index contributed by atoms with van der Waals surface area (Å²) in [6.07, 6.45) is 2.97. The Labute approximate surface area is 161 Å². The van der Waals surface area contributed by atoms with E-state index in [-0.39, 0.29) is 5.91 Å². The third-order valence-electron chi connectivity index (χ3n) is 4.79. The van der Waals surface area contributed by atoms with Gasteiger partial charge in [-0.2, -0.15) is 0 Å². The molecule has 2 heteroatoms. The van der Waals surface area contributed by atoms with Gasteiger partial charge in [0, 0.05) is 11.3 Å². The lowest BCUT2D eigenvalue weighted by molar-refractivity contribution is -0.111. The predicted molar refractivity (Wildman–Crippen MR) is 115 cm³/mol. The van der Waals surface area contributed by atoms with Crippen LogP contribution in [0, 0.1) is 0 Å². The average Bonchev–Trinajstić information content (AvgIpc) is 2.73. The molecular formula is C25H25NO. The van der Waals surface area contributed by atoms with E-state index >= 15 is 0 Å². The molecule has 3 aromatic rings. The van der Waals surface area contributed by atoms with Gasteiger partial charge in [-0.3, -0.25) is 4.79 Å². The lowest BCUT2D eigenvalue weighted by Crippen LogP contribution is -2.15. The van der Waals surface area contributed by atoms with E-state index in [0.717, 1.165) is 23.2 Å². The number of rotatable bonds is 6. The Morgan fingerprint density at radius 2 is 1.48 bits per heavy atom. The van der Waals surface area contributed by atoms with Crippen LogP contribution in [0.5, 0.6) is 0 Å². The highest BCUT2D eigenvalue weighted by molar-refractivity contribution is 6.29. The number of carbonyl (C=O) groups is 1. The fraction of sp³-hybridized carbons (Fsp3) is 0.160. The lowest BCUT2D eigenvalue weighted by atomic mass is 9.96. The lowest BCUT2D eigenvalue weighted by Gasteiger charge is -2.17. The van der Waals surface area contributed by atoms with Gasteiger partial charge in [0.05, 0.1) is 0 Å². The molecule has 1 N–H and O–H groups in total. The molecule has 3 aromatic carbocycles. The minimum atomic E-state index is -0.0965. The van der Waals surface area contributed by atoms with Crippen LogP contribution in [-0.2, 0) is 4.79 Å². The summed E-state index contributed by atoms with van der Waals surface area (Å²) in [4.78, 5) is 13.2. The summed E-state index contributed by atoms with van der Waals surface area (Å²) < 4.78 is 0. The fourth-order valence-electron chi connectivity index (χ4n) is 3.06. The van der Waals surface area contributed by atoms with Gasteiger partial charge in [0.15, 0.2) is 0 Å². The first-order chi connectivity index (χ1) is 13.2. The Morgan fingerprint density at radius 3 is 2.15 bits per heavy atom. The first-order valence-corrected chi connectivity index (χ1v) is 9.41. The van der Waals surface area contributed by atoms with Gasteiger partial charge in [-0.25, -0.2) is 0 Å². The Morgan fingerprint density at radius 1 is 0.889 bits per heavy atom. The highest BCUT2D eigenvalue weighted by Gasteiger charge is 2.15. The Balaban J connectivity index is 1.97. The first kappa shape index (κ1) is 18.7. The molecule has 0 radical (unpaired) electrons. The highest BCUT2D eigenvalue weighted by atomic mass is 16.1. The number of amides is 1. The van der Waals surface area contributed by atoms with Crippen LogP contribution in [0.3, 0.4) is 0 Å². The van der Waals surface area contributed by atoms with Gasteiger partial charge in [-0.05, 0) is 41.2 Å². The van der Waals surface area contributed by atoms with E-state index in [1.165, 1.54) is 5.56 Å². The maximum absolute atomic E-state index is 13.2. The average molecular weight is 355 g/mol. The summed E-state index contributed by atoms with van der Waals surface area (Å²) in [5, 5.41) is 3.14. The van der Waals surface area contributed by atoms with Gasteiger partial charge in [-0.15, -0.1) is 0 Å². The van der Waals surface area contributed by atoms with Crippen molar-refractivity contribution in [1.82, 2.24) is 0 Å². The molecule has 0 spiro atoms. The predicted octanol–water partition coefficient (Wildman–Crippen LogP) is 6.38. The standard InChI is InChI=1S/C25H25NO/c1-3-19(2)22-16-10-11-17-24(22)26-25(27)23(21-14-8-5-9-15-21)18-20-12-6-4-7-13-20/h4-19H,3H2,1-2H3,(H,26,27). The van der Waals surface area contributed by atoms with Gasteiger partial charge < -0.3 is 5.32 Å². The van der Waals surface area contributed by atoms with Crippen molar-refractivity contribution in [3.63, 3.8) is 0 Å². The van der Waals surface area contributed by atoms with Crippen molar-refractivity contribution in [3.8, 4) is 0 Å². The molecule has 1 unspecified atom stereocenters. The maximum Gasteiger partial charge on any atom is 0.256 e. The zero-order chi connectivity index (χ0) is 19.1. The van der Waals surface area contributed by atoms with E-state index in [1.807, 2.05) is 84.9 Å². The molecule has 0 saturated carbocycles. The molecule has 0 aliphatic carbocycles. The summed E-state index contributed by atoms with van der Waals surface area (Å²) in [6.45, 7) is 4.34. The summed E-state index contributed by atoms with van der Waals surface area (Å²) in [7, 11) is 0. The Bertz CT molecular complexity index is 913. The van der Waals surface area contributed by atoms with Crippen LogP contribution in [-0.4, -0.2) is 5.91 Å². The molecule has 2 nitrogen and oxygen atoms in total. The van der Waals surface area contributed by atoms with Crippen LogP contribution in [0.15, 0.2) is 84.9 Å². The van der Waals surface area contributed by atoms with Crippen molar-refractivity contribution in [1.29, 1.82) is 0 Å². The molecule has 0 bridgehead atoms. The Kier molecular flexibility index (Phi) is 6.22. The van der Waals surface area contributed by atoms with Crippen molar-refractivity contribution < 1.29 is 4.79 Å². The number of anilines is 1. The zero-order valence-corrected chi connectivity index (χ0v) is 15.9. The molecule has 1 amide bonds. The molecule has 0 saturated heterocycles. The largest absolute Gasteiger partial charge is 0.322 e. The number of para-hydroxylation sites is 1. The number of hydrogen-bond donors (Lipinski definition) is 1. The molecule has 27 heavy (non-hydrogen) atoms. The quantitative estimate of drug-likeness (QED) is 0.403. The highest BCUT2D eigenvalue weighted by Crippen LogP contribution is 2.28. The number of hydrogen-bond acceptors (Lipinski definition) is 1. The molecule has 0 fully saturated rings. The summed E-state index contributed by atoms with van der Waals surface area (Å²) in [5.74, 6) is 0.292. The molecule has 3 rings (SSSR count). The van der Waals surface area contributed by atoms with Crippen molar-refractivity contribution in [3.05, 3.63) is 102 Å². The van der Waals surface area contributed by atoms with E-state index in [9.17, 15) is 4.79 Å². The summed E-state index contributed by atoms with van der Waals surface area (Å²) >= 11 is 0. The minimum absolute atomic E-state index is 0.0965. The van der Waals surface area contributed by atoms with Crippen LogP contribution < -0.4 is 5.32 Å². The van der Waals surface area contributed by atoms with Crippen molar-refractivity contribution in [2.45, 2.75) is 26.2 Å². The van der Waals surface area contributed by atoms with Gasteiger partial charge in [-0.1, -0.05) is 92.7 Å². The Hall–Kier alpha value is -3.13. The molecule has 0 aliphatic heterocycles. The molecule has 1 atom stereocenters.